The summed E-state index contributed by atoms with van der Waals surface area (Å²) in [6.07, 6.45) is 3.90. The summed E-state index contributed by atoms with van der Waals surface area (Å²) in [5.41, 5.74) is 11.3. The molecule has 0 saturated carbocycles. The van der Waals surface area contributed by atoms with Crippen LogP contribution in [0.1, 0.15) is 35.3 Å². The number of nitrogens with zero attached hydrogens (tertiary/aromatic N) is 3. The molecule has 2 aliphatic rings. The lowest BCUT2D eigenvalue weighted by atomic mass is 9.95. The zero-order chi connectivity index (χ0) is 20.5. The van der Waals surface area contributed by atoms with Crippen molar-refractivity contribution in [3.63, 3.8) is 0 Å². The zero-order valence-electron chi connectivity index (χ0n) is 16.7. The highest BCUT2D eigenvalue weighted by Crippen LogP contribution is 2.38. The summed E-state index contributed by atoms with van der Waals surface area (Å²) in [5.74, 6) is 0.718. The summed E-state index contributed by atoms with van der Waals surface area (Å²) in [6.45, 7) is 6.19. The average Bonchev–Trinajstić information content (AvgIpc) is 2.85. The van der Waals surface area contributed by atoms with Crippen LogP contribution in [0.2, 0.25) is 5.02 Å². The molecule has 2 heterocycles. The van der Waals surface area contributed by atoms with E-state index in [1.807, 2.05) is 12.3 Å². The van der Waals surface area contributed by atoms with Crippen molar-refractivity contribution in [1.82, 2.24) is 14.8 Å². The van der Waals surface area contributed by atoms with Crippen LogP contribution in [0.4, 0.5) is 0 Å². The van der Waals surface area contributed by atoms with Crippen molar-refractivity contribution in [2.45, 2.75) is 37.9 Å². The third-order valence-corrected chi connectivity index (χ3v) is 7.29. The van der Waals surface area contributed by atoms with Crippen molar-refractivity contribution in [1.29, 1.82) is 0 Å². The van der Waals surface area contributed by atoms with E-state index in [2.05, 4.69) is 63.5 Å². The highest BCUT2D eigenvalue weighted by molar-refractivity contribution is 9.10. The summed E-state index contributed by atoms with van der Waals surface area (Å²) in [5, 5.41) is 0.807. The predicted octanol–water partition coefficient (Wildman–Crippen LogP) is 3.95. The number of benzene rings is 1. The van der Waals surface area contributed by atoms with Gasteiger partial charge in [0.05, 0.1) is 11.7 Å². The van der Waals surface area contributed by atoms with Crippen LogP contribution in [0.3, 0.4) is 0 Å². The molecule has 2 N–H and O–H groups in total. The molecule has 29 heavy (non-hydrogen) atoms. The van der Waals surface area contributed by atoms with Gasteiger partial charge in [-0.1, -0.05) is 17.7 Å². The third kappa shape index (κ3) is 4.68. The van der Waals surface area contributed by atoms with Gasteiger partial charge in [-0.15, -0.1) is 0 Å². The van der Waals surface area contributed by atoms with Crippen molar-refractivity contribution in [2.24, 2.45) is 5.73 Å². The fourth-order valence-corrected chi connectivity index (χ4v) is 5.36. The van der Waals surface area contributed by atoms with Gasteiger partial charge in [0.2, 0.25) is 0 Å². The lowest BCUT2D eigenvalue weighted by molar-refractivity contribution is 0.0615. The minimum atomic E-state index is 0.118. The van der Waals surface area contributed by atoms with Crippen LogP contribution in [0.5, 0.6) is 0 Å². The van der Waals surface area contributed by atoms with E-state index in [-0.39, 0.29) is 12.1 Å². The Morgan fingerprint density at radius 1 is 1.28 bits per heavy atom. The summed E-state index contributed by atoms with van der Waals surface area (Å²) < 4.78 is 1.04. The van der Waals surface area contributed by atoms with E-state index < -0.39 is 0 Å². The van der Waals surface area contributed by atoms with Crippen LogP contribution in [-0.2, 0) is 12.8 Å². The number of fused-ring (bicyclic) bond motifs is 2. The number of hydrogen-bond acceptors (Lipinski definition) is 5. The molecule has 0 spiro atoms. The van der Waals surface area contributed by atoms with E-state index in [9.17, 15) is 0 Å². The third-order valence-electron chi connectivity index (χ3n) is 6.16. The van der Waals surface area contributed by atoms with Gasteiger partial charge in [0.15, 0.2) is 0 Å². The van der Waals surface area contributed by atoms with E-state index in [4.69, 9.17) is 22.3 Å². The van der Waals surface area contributed by atoms with Crippen molar-refractivity contribution >= 4 is 40.2 Å². The number of aryl methyl sites for hydroxylation is 2. The van der Waals surface area contributed by atoms with E-state index in [0.717, 1.165) is 54.3 Å². The fourth-order valence-electron chi connectivity index (χ4n) is 4.67. The lowest BCUT2D eigenvalue weighted by Gasteiger charge is -2.44. The van der Waals surface area contributed by atoms with Gasteiger partial charge in [0, 0.05) is 59.7 Å². The minimum absolute atomic E-state index is 0.118. The normalized spacial score (nSPS) is 23.9. The molecule has 1 saturated heterocycles. The number of thiol groups is 1. The van der Waals surface area contributed by atoms with Crippen molar-refractivity contribution < 1.29 is 0 Å². The van der Waals surface area contributed by atoms with Crippen LogP contribution in [0, 0.1) is 0 Å². The Morgan fingerprint density at radius 3 is 2.83 bits per heavy atom. The monoisotopic (exact) mass is 494 g/mol. The molecule has 0 radical (unpaired) electrons. The Kier molecular flexibility index (Phi) is 6.89. The maximum absolute atomic E-state index is 6.34. The first-order valence-electron chi connectivity index (χ1n) is 10.2. The van der Waals surface area contributed by atoms with E-state index >= 15 is 0 Å². The smallest absolute Gasteiger partial charge is 0.0782 e. The minimum Gasteiger partial charge on any atom is -0.326 e. The maximum Gasteiger partial charge on any atom is 0.0782 e. The number of pyridine rings is 1. The molecule has 4 nitrogen and oxygen atoms in total. The fraction of sp³-hybridized carbons (Fsp3) is 0.500. The number of rotatable bonds is 4. The van der Waals surface area contributed by atoms with E-state index in [0.29, 0.717) is 6.04 Å². The number of nitrogens with two attached hydrogens (primary N) is 1. The van der Waals surface area contributed by atoms with Gasteiger partial charge < -0.3 is 5.73 Å². The number of piperazine rings is 1. The maximum atomic E-state index is 6.34. The summed E-state index contributed by atoms with van der Waals surface area (Å²) in [7, 11) is 0. The quantitative estimate of drug-likeness (QED) is 0.631. The molecule has 4 rings (SSSR count). The molecule has 1 aliphatic carbocycles. The zero-order valence-corrected chi connectivity index (χ0v) is 19.9. The van der Waals surface area contributed by atoms with Crippen LogP contribution in [-0.4, -0.2) is 58.8 Å². The largest absolute Gasteiger partial charge is 0.326 e. The van der Waals surface area contributed by atoms with Crippen molar-refractivity contribution in [2.75, 3.05) is 31.9 Å². The average molecular weight is 496 g/mol. The Morgan fingerprint density at radius 2 is 2.07 bits per heavy atom. The Balaban J connectivity index is 1.68. The van der Waals surface area contributed by atoms with Crippen LogP contribution in [0.25, 0.3) is 0 Å². The Hall–Kier alpha value is -0.630. The first-order chi connectivity index (χ1) is 14.0. The first kappa shape index (κ1) is 21.6. The van der Waals surface area contributed by atoms with E-state index in [1.54, 1.807) is 0 Å². The van der Waals surface area contributed by atoms with Crippen LogP contribution in [0.15, 0.2) is 34.9 Å². The second-order valence-corrected chi connectivity index (χ2v) is 9.94. The second-order valence-electron chi connectivity index (χ2n) is 8.23. The van der Waals surface area contributed by atoms with Gasteiger partial charge in [-0.3, -0.25) is 14.8 Å². The topological polar surface area (TPSA) is 45.4 Å². The van der Waals surface area contributed by atoms with Crippen molar-refractivity contribution in [3.8, 4) is 0 Å². The molecule has 1 fully saturated rings. The lowest BCUT2D eigenvalue weighted by Crippen LogP contribution is -2.55. The summed E-state index contributed by atoms with van der Waals surface area (Å²) >= 11 is 14.3. The Bertz CT molecular complexity index is 826. The first-order valence-corrected chi connectivity index (χ1v) is 12.0. The SMILES string of the molecule is C[C@H]1CN(C2c3ccc(Cl)cc3CCc3cc(Br)cnc32)CCN1C[C@@H](N)CS. The number of halogens is 2. The van der Waals surface area contributed by atoms with Gasteiger partial charge in [-0.25, -0.2) is 0 Å². The summed E-state index contributed by atoms with van der Waals surface area (Å²) in [6, 6.07) is 9.30. The van der Waals surface area contributed by atoms with Gasteiger partial charge in [-0.2, -0.15) is 12.6 Å². The molecule has 1 aliphatic heterocycles. The highest BCUT2D eigenvalue weighted by Gasteiger charge is 2.34. The molecule has 1 unspecified atom stereocenters. The van der Waals surface area contributed by atoms with E-state index in [1.165, 1.54) is 22.4 Å². The number of aromatic nitrogens is 1. The molecule has 0 bridgehead atoms. The molecule has 156 valence electrons. The molecule has 7 heteroatoms. The number of hydrogen-bond donors (Lipinski definition) is 2. The predicted molar refractivity (Wildman–Crippen MR) is 127 cm³/mol. The van der Waals surface area contributed by atoms with Crippen LogP contribution >= 0.6 is 40.2 Å². The molecule has 1 aromatic carbocycles. The Labute approximate surface area is 192 Å². The standard InChI is InChI=1S/C22H28BrClN4S/c1-14-11-28(7-6-27(14)12-19(25)13-29)22-20-5-4-18(24)9-15(20)2-3-16-8-17(23)10-26-21(16)22/h4-5,8-10,14,19,22,29H,2-3,6-7,11-13,25H2,1H3/t14-,19+,22?/m0/s1. The van der Waals surface area contributed by atoms with Gasteiger partial charge >= 0.3 is 0 Å². The molecular weight excluding hydrogens is 468 g/mol. The van der Waals surface area contributed by atoms with Gasteiger partial charge in [0.1, 0.15) is 0 Å². The molecular formula is C22H28BrClN4S. The summed E-state index contributed by atoms with van der Waals surface area (Å²) in [4.78, 5) is 9.98. The molecule has 3 atom stereocenters. The van der Waals surface area contributed by atoms with Crippen molar-refractivity contribution in [3.05, 3.63) is 62.3 Å². The molecule has 2 aromatic rings. The van der Waals surface area contributed by atoms with Crippen LogP contribution < -0.4 is 5.73 Å². The second kappa shape index (κ2) is 9.25. The molecule has 1 aromatic heterocycles. The van der Waals surface area contributed by atoms with Gasteiger partial charge in [0.25, 0.3) is 0 Å². The highest BCUT2D eigenvalue weighted by atomic mass is 79.9. The molecule has 0 amide bonds. The van der Waals surface area contributed by atoms with Gasteiger partial charge in [-0.05, 0) is 70.6 Å².